The first-order valence-electron chi connectivity index (χ1n) is 7.33. The molecular weight excluding hydrogens is 250 g/mol. The summed E-state index contributed by atoms with van der Waals surface area (Å²) < 4.78 is 7.56. The van der Waals surface area contributed by atoms with Crippen molar-refractivity contribution in [2.75, 3.05) is 39.8 Å². The fraction of sp³-hybridized carbons (Fsp3) is 0.500. The zero-order valence-corrected chi connectivity index (χ0v) is 12.4. The van der Waals surface area contributed by atoms with Crippen LogP contribution >= 0.6 is 0 Å². The second-order valence-electron chi connectivity index (χ2n) is 5.49. The van der Waals surface area contributed by atoms with Crippen LogP contribution in [0.4, 0.5) is 0 Å². The average molecular weight is 273 g/mol. The highest BCUT2D eigenvalue weighted by atomic mass is 16.5. The molecule has 0 spiro atoms. The quantitative estimate of drug-likeness (QED) is 0.918. The van der Waals surface area contributed by atoms with Crippen LogP contribution in [0.1, 0.15) is 5.56 Å². The van der Waals surface area contributed by atoms with Crippen LogP contribution in [0.15, 0.2) is 24.4 Å². The summed E-state index contributed by atoms with van der Waals surface area (Å²) in [5.74, 6) is 0.937. The van der Waals surface area contributed by atoms with E-state index in [1.54, 1.807) is 7.11 Å². The molecular formula is C16H23N3O. The molecule has 1 aliphatic heterocycles. The summed E-state index contributed by atoms with van der Waals surface area (Å²) >= 11 is 0. The molecule has 4 nitrogen and oxygen atoms in total. The lowest BCUT2D eigenvalue weighted by molar-refractivity contribution is 0.244. The maximum Gasteiger partial charge on any atom is 0.119 e. The van der Waals surface area contributed by atoms with Crippen LogP contribution in [0, 0.1) is 0 Å². The van der Waals surface area contributed by atoms with Crippen molar-refractivity contribution in [3.8, 4) is 5.75 Å². The lowest BCUT2D eigenvalue weighted by atomic mass is 10.1. The number of rotatable bonds is 4. The normalized spacial score (nSPS) is 16.7. The molecule has 1 fully saturated rings. The molecule has 1 aromatic heterocycles. The van der Waals surface area contributed by atoms with Gasteiger partial charge in [0.15, 0.2) is 0 Å². The van der Waals surface area contributed by atoms with Crippen LogP contribution in [-0.4, -0.2) is 49.3 Å². The second kappa shape index (κ2) is 5.85. The molecule has 0 aliphatic carbocycles. The Morgan fingerprint density at radius 3 is 2.80 bits per heavy atom. The van der Waals surface area contributed by atoms with Gasteiger partial charge in [-0.1, -0.05) is 0 Å². The van der Waals surface area contributed by atoms with Gasteiger partial charge in [0.05, 0.1) is 7.11 Å². The van der Waals surface area contributed by atoms with Crippen LogP contribution in [0.5, 0.6) is 5.75 Å². The van der Waals surface area contributed by atoms with E-state index < -0.39 is 0 Å². The van der Waals surface area contributed by atoms with E-state index in [-0.39, 0.29) is 0 Å². The Morgan fingerprint density at radius 2 is 2.05 bits per heavy atom. The van der Waals surface area contributed by atoms with E-state index in [0.717, 1.165) is 44.9 Å². The Kier molecular flexibility index (Phi) is 3.94. The molecule has 2 heterocycles. The molecule has 20 heavy (non-hydrogen) atoms. The minimum absolute atomic E-state index is 0.937. The lowest BCUT2D eigenvalue weighted by Crippen LogP contribution is -2.44. The third kappa shape index (κ3) is 2.67. The molecule has 1 aromatic carbocycles. The van der Waals surface area contributed by atoms with Crippen molar-refractivity contribution in [3.63, 3.8) is 0 Å². The van der Waals surface area contributed by atoms with Gasteiger partial charge in [0, 0.05) is 56.9 Å². The van der Waals surface area contributed by atoms with E-state index in [2.05, 4.69) is 40.2 Å². The lowest BCUT2D eigenvalue weighted by Gasteiger charge is -2.26. The number of benzene rings is 1. The first-order chi connectivity index (χ1) is 9.78. The number of fused-ring (bicyclic) bond motifs is 1. The van der Waals surface area contributed by atoms with Gasteiger partial charge in [0.25, 0.3) is 0 Å². The van der Waals surface area contributed by atoms with Gasteiger partial charge in [0.2, 0.25) is 0 Å². The predicted octanol–water partition coefficient (Wildman–Crippen LogP) is 1.63. The van der Waals surface area contributed by atoms with Crippen molar-refractivity contribution in [3.05, 3.63) is 30.0 Å². The van der Waals surface area contributed by atoms with Gasteiger partial charge < -0.3 is 19.5 Å². The summed E-state index contributed by atoms with van der Waals surface area (Å²) in [6.45, 7) is 5.69. The fourth-order valence-corrected chi connectivity index (χ4v) is 2.99. The van der Waals surface area contributed by atoms with E-state index in [0.29, 0.717) is 0 Å². The van der Waals surface area contributed by atoms with Crippen molar-refractivity contribution in [2.45, 2.75) is 6.42 Å². The average Bonchev–Trinajstić information content (AvgIpc) is 2.82. The summed E-state index contributed by atoms with van der Waals surface area (Å²) in [5.41, 5.74) is 2.70. The minimum Gasteiger partial charge on any atom is -0.497 e. The highest BCUT2D eigenvalue weighted by Gasteiger charge is 2.12. The van der Waals surface area contributed by atoms with E-state index in [1.165, 1.54) is 16.5 Å². The molecule has 4 heteroatoms. The smallest absolute Gasteiger partial charge is 0.119 e. The van der Waals surface area contributed by atoms with E-state index in [1.807, 2.05) is 6.07 Å². The van der Waals surface area contributed by atoms with Crippen molar-refractivity contribution in [2.24, 2.45) is 7.05 Å². The molecule has 0 radical (unpaired) electrons. The van der Waals surface area contributed by atoms with Gasteiger partial charge in [-0.25, -0.2) is 0 Å². The number of aromatic nitrogens is 1. The summed E-state index contributed by atoms with van der Waals surface area (Å²) in [5, 5.41) is 4.72. The van der Waals surface area contributed by atoms with E-state index in [4.69, 9.17) is 4.74 Å². The Hall–Kier alpha value is -1.52. The van der Waals surface area contributed by atoms with Crippen molar-refractivity contribution in [1.29, 1.82) is 0 Å². The van der Waals surface area contributed by atoms with Gasteiger partial charge in [-0.3, -0.25) is 0 Å². The Balaban J connectivity index is 1.79. The van der Waals surface area contributed by atoms with Crippen LogP contribution in [-0.2, 0) is 13.5 Å². The molecule has 0 unspecified atom stereocenters. The standard InChI is InChI=1S/C16H23N3O/c1-18-12-13(5-8-19-9-6-17-7-10-19)15-11-14(20-2)3-4-16(15)18/h3-4,11-12,17H,5-10H2,1-2H3. The van der Waals surface area contributed by atoms with E-state index >= 15 is 0 Å². The molecule has 1 saturated heterocycles. The molecule has 1 aliphatic rings. The van der Waals surface area contributed by atoms with Gasteiger partial charge >= 0.3 is 0 Å². The van der Waals surface area contributed by atoms with Crippen molar-refractivity contribution < 1.29 is 4.74 Å². The third-order valence-corrected chi connectivity index (χ3v) is 4.19. The number of nitrogens with one attached hydrogen (secondary N) is 1. The Bertz CT molecular complexity index is 585. The number of methoxy groups -OCH3 is 1. The van der Waals surface area contributed by atoms with Gasteiger partial charge in [-0.05, 0) is 30.2 Å². The maximum absolute atomic E-state index is 5.35. The first-order valence-corrected chi connectivity index (χ1v) is 7.33. The van der Waals surface area contributed by atoms with Crippen LogP contribution in [0.2, 0.25) is 0 Å². The summed E-state index contributed by atoms with van der Waals surface area (Å²) in [4.78, 5) is 2.54. The number of aryl methyl sites for hydroxylation is 1. The number of nitrogens with zero attached hydrogens (tertiary/aromatic N) is 2. The molecule has 0 amide bonds. The molecule has 0 saturated carbocycles. The Morgan fingerprint density at radius 1 is 1.25 bits per heavy atom. The molecule has 2 aromatic rings. The predicted molar refractivity (Wildman–Crippen MR) is 82.5 cm³/mol. The summed E-state index contributed by atoms with van der Waals surface area (Å²) in [6, 6.07) is 6.33. The molecule has 108 valence electrons. The number of piperazine rings is 1. The highest BCUT2D eigenvalue weighted by Crippen LogP contribution is 2.25. The van der Waals surface area contributed by atoms with Crippen LogP contribution < -0.4 is 10.1 Å². The zero-order chi connectivity index (χ0) is 13.9. The monoisotopic (exact) mass is 273 g/mol. The van der Waals surface area contributed by atoms with Crippen molar-refractivity contribution >= 4 is 10.9 Å². The zero-order valence-electron chi connectivity index (χ0n) is 12.4. The fourth-order valence-electron chi connectivity index (χ4n) is 2.99. The number of ether oxygens (including phenoxy) is 1. The first kappa shape index (κ1) is 13.5. The maximum atomic E-state index is 5.35. The van der Waals surface area contributed by atoms with Crippen molar-refractivity contribution in [1.82, 2.24) is 14.8 Å². The largest absolute Gasteiger partial charge is 0.497 e. The van der Waals surface area contributed by atoms with Gasteiger partial charge in [-0.15, -0.1) is 0 Å². The molecule has 0 atom stereocenters. The molecule has 3 rings (SSSR count). The summed E-state index contributed by atoms with van der Waals surface area (Å²) in [7, 11) is 3.84. The van der Waals surface area contributed by atoms with Gasteiger partial charge in [0.1, 0.15) is 5.75 Å². The third-order valence-electron chi connectivity index (χ3n) is 4.19. The Labute approximate surface area is 120 Å². The van der Waals surface area contributed by atoms with Crippen LogP contribution in [0.3, 0.4) is 0 Å². The molecule has 1 N–H and O–H groups in total. The number of hydrogen-bond donors (Lipinski definition) is 1. The number of hydrogen-bond acceptors (Lipinski definition) is 3. The highest BCUT2D eigenvalue weighted by molar-refractivity contribution is 5.85. The SMILES string of the molecule is COc1ccc2c(c1)c(CCN1CCNCC1)cn2C. The van der Waals surface area contributed by atoms with E-state index in [9.17, 15) is 0 Å². The minimum atomic E-state index is 0.937. The van der Waals surface area contributed by atoms with Crippen LogP contribution in [0.25, 0.3) is 10.9 Å². The van der Waals surface area contributed by atoms with Gasteiger partial charge in [-0.2, -0.15) is 0 Å². The second-order valence-corrected chi connectivity index (χ2v) is 5.49. The topological polar surface area (TPSA) is 29.4 Å². The summed E-state index contributed by atoms with van der Waals surface area (Å²) in [6.07, 6.45) is 3.36. The molecule has 0 bridgehead atoms.